The van der Waals surface area contributed by atoms with Crippen molar-refractivity contribution < 1.29 is 8.42 Å². The highest BCUT2D eigenvalue weighted by Gasteiger charge is 2.23. The molecule has 1 heterocycles. The van der Waals surface area contributed by atoms with Gasteiger partial charge in [-0.15, -0.1) is 17.9 Å². The molecule has 0 aliphatic carbocycles. The van der Waals surface area contributed by atoms with Crippen molar-refractivity contribution in [2.45, 2.75) is 38.1 Å². The van der Waals surface area contributed by atoms with Crippen LogP contribution in [0.4, 0.5) is 0 Å². The van der Waals surface area contributed by atoms with Gasteiger partial charge in [0.2, 0.25) is 10.0 Å². The van der Waals surface area contributed by atoms with Crippen LogP contribution in [0.1, 0.15) is 31.6 Å². The van der Waals surface area contributed by atoms with Crippen molar-refractivity contribution in [3.8, 4) is 0 Å². The smallest absolute Gasteiger partial charge is 0.244 e. The third kappa shape index (κ3) is 4.70. The van der Waals surface area contributed by atoms with E-state index in [0.717, 1.165) is 30.8 Å². The van der Waals surface area contributed by atoms with Crippen molar-refractivity contribution in [1.29, 1.82) is 0 Å². The van der Waals surface area contributed by atoms with E-state index in [1.807, 2.05) is 6.92 Å². The van der Waals surface area contributed by atoms with Crippen molar-refractivity contribution in [2.24, 2.45) is 0 Å². The zero-order chi connectivity index (χ0) is 15.0. The number of nitrogens with one attached hydrogen (secondary N) is 1. The van der Waals surface area contributed by atoms with E-state index in [1.54, 1.807) is 17.5 Å². The largest absolute Gasteiger partial charge is 0.312 e. The summed E-state index contributed by atoms with van der Waals surface area (Å²) in [6.45, 7) is 10.3. The molecule has 0 fully saturated rings. The Labute approximate surface area is 126 Å². The Morgan fingerprint density at radius 2 is 2.15 bits per heavy atom. The maximum absolute atomic E-state index is 12.5. The molecule has 1 rings (SSSR count). The highest BCUT2D eigenvalue weighted by Crippen LogP contribution is 2.23. The van der Waals surface area contributed by atoms with Gasteiger partial charge in [-0.25, -0.2) is 8.42 Å². The van der Waals surface area contributed by atoms with Gasteiger partial charge in [0.15, 0.2) is 0 Å². The van der Waals surface area contributed by atoms with Gasteiger partial charge in [-0.1, -0.05) is 19.9 Å². The monoisotopic (exact) mass is 316 g/mol. The lowest BCUT2D eigenvalue weighted by Crippen LogP contribution is -2.31. The summed E-state index contributed by atoms with van der Waals surface area (Å²) in [5, 5.41) is 5.01. The van der Waals surface area contributed by atoms with Crippen LogP contribution in [0, 0.1) is 0 Å². The summed E-state index contributed by atoms with van der Waals surface area (Å²) in [5.74, 6) is 0. The zero-order valence-electron chi connectivity index (χ0n) is 12.3. The molecule has 1 aromatic heterocycles. The Bertz CT molecular complexity index is 509. The Balaban J connectivity index is 2.83. The Hall–Kier alpha value is -0.690. The molecule has 0 unspecified atom stereocenters. The molecule has 0 saturated heterocycles. The van der Waals surface area contributed by atoms with Gasteiger partial charge in [-0.2, -0.15) is 4.31 Å². The Morgan fingerprint density at radius 3 is 2.75 bits per heavy atom. The van der Waals surface area contributed by atoms with Crippen LogP contribution in [0.2, 0.25) is 0 Å². The highest BCUT2D eigenvalue weighted by molar-refractivity contribution is 7.89. The highest BCUT2D eigenvalue weighted by atomic mass is 32.2. The normalized spacial score (nSPS) is 11.9. The summed E-state index contributed by atoms with van der Waals surface area (Å²) in [6, 6.07) is 1.77. The van der Waals surface area contributed by atoms with Crippen LogP contribution < -0.4 is 5.32 Å². The lowest BCUT2D eigenvalue weighted by Gasteiger charge is -2.19. The second-order valence-electron chi connectivity index (χ2n) is 4.58. The standard InChI is InChI=1S/C14H24N2O2S2/c1-4-7-15-11-13-10-14(12-19-13)20(17,18)16(8-5-2)9-6-3/h5,10,12,15H,2,4,6-9,11H2,1,3H3. The molecule has 0 saturated carbocycles. The Kier molecular flexibility index (Phi) is 7.43. The van der Waals surface area contributed by atoms with Crippen molar-refractivity contribution >= 4 is 21.4 Å². The van der Waals surface area contributed by atoms with Crippen molar-refractivity contribution in [1.82, 2.24) is 9.62 Å². The lowest BCUT2D eigenvalue weighted by atomic mass is 10.4. The molecule has 0 aromatic carbocycles. The number of rotatable bonds is 10. The molecule has 0 radical (unpaired) electrons. The molecule has 0 aliphatic heterocycles. The lowest BCUT2D eigenvalue weighted by molar-refractivity contribution is 0.441. The van der Waals surface area contributed by atoms with E-state index in [2.05, 4.69) is 18.8 Å². The van der Waals surface area contributed by atoms with E-state index in [9.17, 15) is 8.42 Å². The molecule has 0 atom stereocenters. The first-order valence-electron chi connectivity index (χ1n) is 6.95. The van der Waals surface area contributed by atoms with E-state index in [1.165, 1.54) is 15.6 Å². The fraction of sp³-hybridized carbons (Fsp3) is 0.571. The van der Waals surface area contributed by atoms with E-state index >= 15 is 0 Å². The molecular formula is C14H24N2O2S2. The van der Waals surface area contributed by atoms with Gasteiger partial charge in [0.05, 0.1) is 4.90 Å². The van der Waals surface area contributed by atoms with Gasteiger partial charge in [0.25, 0.3) is 0 Å². The molecular weight excluding hydrogens is 292 g/mol. The first-order chi connectivity index (χ1) is 9.56. The minimum Gasteiger partial charge on any atom is -0.312 e. The average Bonchev–Trinajstić information content (AvgIpc) is 2.88. The van der Waals surface area contributed by atoms with Gasteiger partial charge < -0.3 is 5.32 Å². The molecule has 4 nitrogen and oxygen atoms in total. The predicted molar refractivity (Wildman–Crippen MR) is 85.6 cm³/mol. The summed E-state index contributed by atoms with van der Waals surface area (Å²) >= 11 is 1.49. The predicted octanol–water partition coefficient (Wildman–Crippen LogP) is 2.83. The first kappa shape index (κ1) is 17.4. The molecule has 6 heteroatoms. The molecule has 1 aromatic rings. The average molecular weight is 316 g/mol. The number of hydrogen-bond donors (Lipinski definition) is 1. The fourth-order valence-electron chi connectivity index (χ4n) is 1.83. The topological polar surface area (TPSA) is 49.4 Å². The fourth-order valence-corrected chi connectivity index (χ4v) is 4.56. The maximum atomic E-state index is 12.5. The summed E-state index contributed by atoms with van der Waals surface area (Å²) < 4.78 is 26.5. The van der Waals surface area contributed by atoms with Gasteiger partial charge in [0.1, 0.15) is 0 Å². The molecule has 20 heavy (non-hydrogen) atoms. The van der Waals surface area contributed by atoms with E-state index in [0.29, 0.717) is 18.0 Å². The first-order valence-corrected chi connectivity index (χ1v) is 9.27. The molecule has 114 valence electrons. The quantitative estimate of drug-likeness (QED) is 0.533. The molecule has 0 amide bonds. The maximum Gasteiger partial charge on any atom is 0.244 e. The van der Waals surface area contributed by atoms with E-state index < -0.39 is 10.0 Å². The summed E-state index contributed by atoms with van der Waals surface area (Å²) in [7, 11) is -3.39. The van der Waals surface area contributed by atoms with Crippen molar-refractivity contribution in [2.75, 3.05) is 19.6 Å². The van der Waals surface area contributed by atoms with Gasteiger partial charge in [0, 0.05) is 29.9 Å². The number of thiophene rings is 1. The number of nitrogens with zero attached hydrogens (tertiary/aromatic N) is 1. The van der Waals surface area contributed by atoms with Crippen LogP contribution in [0.15, 0.2) is 29.0 Å². The second kappa shape index (κ2) is 8.56. The molecule has 1 N–H and O–H groups in total. The van der Waals surface area contributed by atoms with Gasteiger partial charge >= 0.3 is 0 Å². The third-order valence-corrected chi connectivity index (χ3v) is 5.73. The van der Waals surface area contributed by atoms with Gasteiger partial charge in [-0.3, -0.25) is 0 Å². The van der Waals surface area contributed by atoms with Crippen LogP contribution in [-0.2, 0) is 16.6 Å². The number of sulfonamides is 1. The van der Waals surface area contributed by atoms with Crippen LogP contribution in [0.3, 0.4) is 0 Å². The number of hydrogen-bond acceptors (Lipinski definition) is 4. The second-order valence-corrected chi connectivity index (χ2v) is 7.51. The molecule has 0 bridgehead atoms. The summed E-state index contributed by atoms with van der Waals surface area (Å²) in [5.41, 5.74) is 0. The SMILES string of the molecule is C=CCN(CCC)S(=O)(=O)c1csc(CNCCC)c1. The van der Waals surface area contributed by atoms with Crippen molar-refractivity contribution in [3.63, 3.8) is 0 Å². The van der Waals surface area contributed by atoms with Crippen molar-refractivity contribution in [3.05, 3.63) is 29.0 Å². The molecule has 0 spiro atoms. The van der Waals surface area contributed by atoms with Gasteiger partial charge in [-0.05, 0) is 25.5 Å². The molecule has 0 aliphatic rings. The summed E-state index contributed by atoms with van der Waals surface area (Å²) in [6.07, 6.45) is 3.49. The van der Waals surface area contributed by atoms with Crippen LogP contribution in [-0.4, -0.2) is 32.4 Å². The third-order valence-electron chi connectivity index (χ3n) is 2.80. The van der Waals surface area contributed by atoms with Crippen LogP contribution in [0.25, 0.3) is 0 Å². The van der Waals surface area contributed by atoms with E-state index in [-0.39, 0.29) is 0 Å². The summed E-state index contributed by atoms with van der Waals surface area (Å²) in [4.78, 5) is 1.44. The van der Waals surface area contributed by atoms with E-state index in [4.69, 9.17) is 0 Å². The minimum absolute atomic E-state index is 0.357. The van der Waals surface area contributed by atoms with Crippen LogP contribution >= 0.6 is 11.3 Å². The zero-order valence-corrected chi connectivity index (χ0v) is 13.9. The van der Waals surface area contributed by atoms with Crippen LogP contribution in [0.5, 0.6) is 0 Å². The minimum atomic E-state index is -3.39. The Morgan fingerprint density at radius 1 is 1.40 bits per heavy atom.